The fraction of sp³-hybridized carbons (Fsp3) is 0.250. The number of benzene rings is 1. The number of alkyl halides is 2. The zero-order valence-corrected chi connectivity index (χ0v) is 12.2. The minimum Gasteiger partial charge on any atom is -0.282 e. The molecule has 0 fully saturated rings. The van der Waals surface area contributed by atoms with Crippen LogP contribution in [0.4, 0.5) is 0 Å². The predicted octanol–water partition coefficient (Wildman–Crippen LogP) is 2.84. The quantitative estimate of drug-likeness (QED) is 0.449. The average Bonchev–Trinajstić information content (AvgIpc) is 2.15. The summed E-state index contributed by atoms with van der Waals surface area (Å²) in [5.74, 6) is 0. The van der Waals surface area contributed by atoms with Crippen molar-refractivity contribution in [1.82, 2.24) is 0 Å². The van der Waals surface area contributed by atoms with Gasteiger partial charge < -0.3 is 0 Å². The van der Waals surface area contributed by atoms with Gasteiger partial charge in [0.05, 0.1) is 4.90 Å². The third-order valence-electron chi connectivity index (χ3n) is 1.68. The third-order valence-corrected chi connectivity index (χ3v) is 6.27. The third kappa shape index (κ3) is 3.31. The van der Waals surface area contributed by atoms with Gasteiger partial charge in [0, 0.05) is 8.35 Å². The maximum Gasteiger partial charge on any atom is 0.294 e. The van der Waals surface area contributed by atoms with E-state index in [0.717, 1.165) is 9.99 Å². The highest BCUT2D eigenvalue weighted by molar-refractivity contribution is 14.1. The summed E-state index contributed by atoms with van der Waals surface area (Å²) in [4.78, 5) is -0.0571. The molecule has 0 radical (unpaired) electrons. The Morgan fingerprint density at radius 2 is 1.79 bits per heavy atom. The molecule has 0 aromatic heterocycles. The van der Waals surface area contributed by atoms with Crippen LogP contribution in [0.25, 0.3) is 0 Å². The van der Waals surface area contributed by atoms with Crippen molar-refractivity contribution in [3.8, 4) is 0 Å². The van der Waals surface area contributed by atoms with E-state index in [4.69, 9.17) is 4.55 Å². The minimum atomic E-state index is -4.06. The molecule has 1 N–H and O–H groups in total. The summed E-state index contributed by atoms with van der Waals surface area (Å²) in [6.45, 7) is 0. The maximum atomic E-state index is 10.7. The van der Waals surface area contributed by atoms with Crippen LogP contribution in [0.15, 0.2) is 29.2 Å². The lowest BCUT2D eigenvalue weighted by Gasteiger charge is -2.06. The first-order valence-electron chi connectivity index (χ1n) is 3.72. The first kappa shape index (κ1) is 12.7. The van der Waals surface area contributed by atoms with Crippen LogP contribution in [0.3, 0.4) is 0 Å². The average molecular weight is 438 g/mol. The molecule has 0 aliphatic carbocycles. The first-order chi connectivity index (χ1) is 6.45. The monoisotopic (exact) mass is 438 g/mol. The Kier molecular flexibility index (Phi) is 4.59. The molecule has 78 valence electrons. The lowest BCUT2D eigenvalue weighted by molar-refractivity contribution is 0.483. The summed E-state index contributed by atoms with van der Waals surface area (Å²) < 4.78 is 31.5. The van der Waals surface area contributed by atoms with Crippen LogP contribution in [-0.2, 0) is 10.1 Å². The molecular formula is C8H8I2O3S. The molecule has 0 saturated heterocycles. The number of hydrogen-bond acceptors (Lipinski definition) is 2. The molecule has 1 unspecified atom stereocenters. The van der Waals surface area contributed by atoms with Crippen molar-refractivity contribution in [2.75, 3.05) is 4.43 Å². The van der Waals surface area contributed by atoms with Crippen molar-refractivity contribution in [1.29, 1.82) is 0 Å². The van der Waals surface area contributed by atoms with Gasteiger partial charge >= 0.3 is 0 Å². The second-order valence-corrected chi connectivity index (χ2v) is 6.47. The number of halogens is 2. The summed E-state index contributed by atoms with van der Waals surface area (Å²) in [7, 11) is -4.06. The van der Waals surface area contributed by atoms with E-state index in [2.05, 4.69) is 45.2 Å². The fourth-order valence-electron chi connectivity index (χ4n) is 0.938. The lowest BCUT2D eigenvalue weighted by Crippen LogP contribution is -1.98. The van der Waals surface area contributed by atoms with E-state index < -0.39 is 10.1 Å². The van der Waals surface area contributed by atoms with Crippen LogP contribution in [-0.4, -0.2) is 17.4 Å². The summed E-state index contributed by atoms with van der Waals surface area (Å²) in [5, 5.41) is 0. The van der Waals surface area contributed by atoms with Crippen LogP contribution in [0.1, 0.15) is 9.49 Å². The van der Waals surface area contributed by atoms with Gasteiger partial charge in [0.25, 0.3) is 10.1 Å². The Hall–Kier alpha value is 0.590. The van der Waals surface area contributed by atoms with E-state index in [1.165, 1.54) is 12.1 Å². The van der Waals surface area contributed by atoms with Crippen molar-refractivity contribution in [3.05, 3.63) is 29.8 Å². The molecule has 3 nitrogen and oxygen atoms in total. The van der Waals surface area contributed by atoms with Crippen LogP contribution in [0.5, 0.6) is 0 Å². The van der Waals surface area contributed by atoms with Gasteiger partial charge in [-0.25, -0.2) is 0 Å². The Labute approximate surface area is 110 Å². The van der Waals surface area contributed by atoms with Gasteiger partial charge in [-0.3, -0.25) is 4.55 Å². The normalized spacial score (nSPS) is 13.9. The summed E-state index contributed by atoms with van der Waals surface area (Å²) in [5.41, 5.74) is 1.06. The SMILES string of the molecule is O=S(=O)(O)c1ccc(C(I)CI)cc1. The predicted molar refractivity (Wildman–Crippen MR) is 71.9 cm³/mol. The molecule has 14 heavy (non-hydrogen) atoms. The van der Waals surface area contributed by atoms with E-state index in [1.54, 1.807) is 12.1 Å². The van der Waals surface area contributed by atoms with Gasteiger partial charge in [0.2, 0.25) is 0 Å². The molecule has 0 saturated carbocycles. The highest BCUT2D eigenvalue weighted by atomic mass is 127. The zero-order chi connectivity index (χ0) is 10.8. The number of hydrogen-bond donors (Lipinski definition) is 1. The molecule has 1 atom stereocenters. The molecule has 1 rings (SSSR count). The Morgan fingerprint density at radius 1 is 1.29 bits per heavy atom. The smallest absolute Gasteiger partial charge is 0.282 e. The van der Waals surface area contributed by atoms with Crippen molar-refractivity contribution in [2.45, 2.75) is 8.82 Å². The largest absolute Gasteiger partial charge is 0.294 e. The first-order valence-corrected chi connectivity index (χ1v) is 7.94. The van der Waals surface area contributed by atoms with E-state index in [9.17, 15) is 8.42 Å². The zero-order valence-electron chi connectivity index (χ0n) is 7.02. The maximum absolute atomic E-state index is 10.7. The molecule has 1 aromatic carbocycles. The molecule has 0 bridgehead atoms. The lowest BCUT2D eigenvalue weighted by atomic mass is 10.2. The van der Waals surface area contributed by atoms with Gasteiger partial charge in [-0.15, -0.1) is 0 Å². The topological polar surface area (TPSA) is 54.4 Å². The molecule has 0 aliphatic rings. The van der Waals surface area contributed by atoms with Crippen molar-refractivity contribution in [2.24, 2.45) is 0 Å². The molecular weight excluding hydrogens is 430 g/mol. The second-order valence-electron chi connectivity index (χ2n) is 2.67. The van der Waals surface area contributed by atoms with Crippen molar-refractivity contribution >= 4 is 55.3 Å². The van der Waals surface area contributed by atoms with Crippen molar-refractivity contribution < 1.29 is 13.0 Å². The molecule has 0 spiro atoms. The standard InChI is InChI=1S/C8H8I2O3S/c9-5-8(10)6-1-3-7(4-2-6)14(11,12)13/h1-4,8H,5H2,(H,11,12,13). The highest BCUT2D eigenvalue weighted by Crippen LogP contribution is 2.26. The molecule has 0 aliphatic heterocycles. The highest BCUT2D eigenvalue weighted by Gasteiger charge is 2.10. The second kappa shape index (κ2) is 5.08. The van der Waals surface area contributed by atoms with Gasteiger partial charge in [-0.05, 0) is 17.7 Å². The molecule has 6 heteroatoms. The Balaban J connectivity index is 3.01. The summed E-state index contributed by atoms with van der Waals surface area (Å²) in [6, 6.07) is 6.28. The van der Waals surface area contributed by atoms with Crippen LogP contribution in [0.2, 0.25) is 0 Å². The van der Waals surface area contributed by atoms with Crippen LogP contribution in [0, 0.1) is 0 Å². The van der Waals surface area contributed by atoms with Gasteiger partial charge in [-0.1, -0.05) is 57.3 Å². The fourth-order valence-corrected chi connectivity index (χ4v) is 2.34. The van der Waals surface area contributed by atoms with Gasteiger partial charge in [0.15, 0.2) is 0 Å². The van der Waals surface area contributed by atoms with E-state index in [1.807, 2.05) is 0 Å². The van der Waals surface area contributed by atoms with E-state index in [-0.39, 0.29) is 4.90 Å². The number of rotatable bonds is 3. The Bertz CT molecular complexity index is 399. The minimum absolute atomic E-state index is 0.0571. The van der Waals surface area contributed by atoms with Crippen LogP contribution < -0.4 is 0 Å². The van der Waals surface area contributed by atoms with Crippen LogP contribution >= 0.6 is 45.2 Å². The molecule has 0 heterocycles. The van der Waals surface area contributed by atoms with Gasteiger partial charge in [-0.2, -0.15) is 8.42 Å². The van der Waals surface area contributed by atoms with Gasteiger partial charge in [0.1, 0.15) is 0 Å². The summed E-state index contributed by atoms with van der Waals surface area (Å²) >= 11 is 4.55. The summed E-state index contributed by atoms with van der Waals surface area (Å²) in [6.07, 6.45) is 0. The van der Waals surface area contributed by atoms with E-state index >= 15 is 0 Å². The van der Waals surface area contributed by atoms with E-state index in [0.29, 0.717) is 3.92 Å². The molecule has 1 aromatic rings. The van der Waals surface area contributed by atoms with Crippen molar-refractivity contribution in [3.63, 3.8) is 0 Å². The molecule has 0 amide bonds. The Morgan fingerprint density at radius 3 is 2.14 bits per heavy atom.